The van der Waals surface area contributed by atoms with Gasteiger partial charge in [0.1, 0.15) is 6.61 Å². The van der Waals surface area contributed by atoms with Gasteiger partial charge in [-0.25, -0.2) is 9.59 Å². The average molecular weight is 290 g/mol. The number of hydrogen-bond donors (Lipinski definition) is 3. The van der Waals surface area contributed by atoms with Crippen molar-refractivity contribution in [2.45, 2.75) is 18.9 Å². The quantitative estimate of drug-likeness (QED) is 0.509. The highest BCUT2D eigenvalue weighted by molar-refractivity contribution is 5.74. The number of nitrogens with zero attached hydrogens (tertiary/aromatic N) is 1. The first-order chi connectivity index (χ1) is 9.63. The van der Waals surface area contributed by atoms with Crippen molar-refractivity contribution in [2.75, 3.05) is 46.1 Å². The Morgan fingerprint density at radius 3 is 2.55 bits per heavy atom. The van der Waals surface area contributed by atoms with Crippen LogP contribution < -0.4 is 5.32 Å². The van der Waals surface area contributed by atoms with Crippen LogP contribution in [-0.2, 0) is 14.3 Å². The van der Waals surface area contributed by atoms with Gasteiger partial charge in [-0.2, -0.15) is 0 Å². The number of aliphatic carboxylic acids is 1. The zero-order valence-electron chi connectivity index (χ0n) is 11.4. The Hall–Kier alpha value is -1.38. The van der Waals surface area contributed by atoms with E-state index in [0.717, 1.165) is 12.8 Å². The third-order valence-electron chi connectivity index (χ3n) is 2.92. The molecule has 1 saturated heterocycles. The van der Waals surface area contributed by atoms with Crippen LogP contribution in [0.1, 0.15) is 12.8 Å². The van der Waals surface area contributed by atoms with Gasteiger partial charge in [0.05, 0.1) is 25.9 Å². The maximum absolute atomic E-state index is 11.8. The molecule has 0 aliphatic carbocycles. The summed E-state index contributed by atoms with van der Waals surface area (Å²) in [6.45, 7) is 1.66. The minimum atomic E-state index is -1.03. The van der Waals surface area contributed by atoms with E-state index in [0.29, 0.717) is 19.7 Å². The summed E-state index contributed by atoms with van der Waals surface area (Å²) < 4.78 is 10.2. The molecular weight excluding hydrogens is 268 g/mol. The largest absolute Gasteiger partial charge is 0.480 e. The number of likely N-dealkylation sites (tertiary alicyclic amines) is 1. The highest BCUT2D eigenvalue weighted by atomic mass is 16.5. The van der Waals surface area contributed by atoms with Crippen molar-refractivity contribution in [3.05, 3.63) is 0 Å². The molecule has 2 amide bonds. The molecule has 0 atom stereocenters. The number of urea groups is 1. The SMILES string of the molecule is O=C(O)COCCNC(=O)N1CCC(OCCO)CC1. The van der Waals surface area contributed by atoms with Crippen LogP contribution in [0.25, 0.3) is 0 Å². The molecule has 0 unspecified atom stereocenters. The van der Waals surface area contributed by atoms with Crippen molar-refractivity contribution in [2.24, 2.45) is 0 Å². The van der Waals surface area contributed by atoms with Gasteiger partial charge in [0.15, 0.2) is 0 Å². The van der Waals surface area contributed by atoms with Gasteiger partial charge >= 0.3 is 12.0 Å². The monoisotopic (exact) mass is 290 g/mol. The van der Waals surface area contributed by atoms with Crippen molar-refractivity contribution >= 4 is 12.0 Å². The second-order valence-electron chi connectivity index (χ2n) is 4.46. The Morgan fingerprint density at radius 1 is 1.25 bits per heavy atom. The number of carbonyl (C=O) groups is 2. The van der Waals surface area contributed by atoms with Crippen LogP contribution in [-0.4, -0.2) is 79.3 Å². The summed E-state index contributed by atoms with van der Waals surface area (Å²) >= 11 is 0. The minimum Gasteiger partial charge on any atom is -0.480 e. The summed E-state index contributed by atoms with van der Waals surface area (Å²) in [6, 6.07) is -0.176. The predicted molar refractivity (Wildman–Crippen MR) is 69.5 cm³/mol. The third-order valence-corrected chi connectivity index (χ3v) is 2.92. The molecule has 1 aliphatic heterocycles. The van der Waals surface area contributed by atoms with E-state index in [9.17, 15) is 9.59 Å². The zero-order valence-corrected chi connectivity index (χ0v) is 11.4. The lowest BCUT2D eigenvalue weighted by Crippen LogP contribution is -2.46. The highest BCUT2D eigenvalue weighted by Crippen LogP contribution is 2.13. The highest BCUT2D eigenvalue weighted by Gasteiger charge is 2.22. The number of ether oxygens (including phenoxy) is 2. The van der Waals surface area contributed by atoms with Gasteiger partial charge in [-0.3, -0.25) is 0 Å². The number of rotatable bonds is 8. The fraction of sp³-hybridized carbons (Fsp3) is 0.833. The first-order valence-electron chi connectivity index (χ1n) is 6.68. The molecule has 8 nitrogen and oxygen atoms in total. The van der Waals surface area contributed by atoms with Crippen LogP contribution in [0.5, 0.6) is 0 Å². The number of carboxylic acid groups (broad SMARTS) is 1. The zero-order chi connectivity index (χ0) is 14.8. The summed E-state index contributed by atoms with van der Waals surface area (Å²) in [5.74, 6) is -1.03. The Morgan fingerprint density at radius 2 is 1.95 bits per heavy atom. The van der Waals surface area contributed by atoms with Gasteiger partial charge in [-0.05, 0) is 12.8 Å². The molecule has 1 fully saturated rings. The molecule has 0 bridgehead atoms. The number of amides is 2. The van der Waals surface area contributed by atoms with Crippen molar-refractivity contribution in [1.82, 2.24) is 10.2 Å². The summed E-state index contributed by atoms with van der Waals surface area (Å²) in [5, 5.41) is 19.7. The third kappa shape index (κ3) is 6.69. The van der Waals surface area contributed by atoms with Gasteiger partial charge in [0.2, 0.25) is 0 Å². The normalized spacial score (nSPS) is 16.1. The summed E-state index contributed by atoms with van der Waals surface area (Å²) in [7, 11) is 0. The maximum Gasteiger partial charge on any atom is 0.329 e. The molecule has 1 aliphatic rings. The first kappa shape index (κ1) is 16.7. The number of carbonyl (C=O) groups excluding carboxylic acids is 1. The predicted octanol–water partition coefficient (Wildman–Crippen LogP) is -0.729. The Kier molecular flexibility index (Phi) is 7.93. The van der Waals surface area contributed by atoms with Crippen LogP contribution in [0.3, 0.4) is 0 Å². The molecule has 0 spiro atoms. The van der Waals surface area contributed by atoms with E-state index in [1.165, 1.54) is 0 Å². The van der Waals surface area contributed by atoms with E-state index < -0.39 is 5.97 Å². The van der Waals surface area contributed by atoms with Crippen LogP contribution >= 0.6 is 0 Å². The molecule has 0 saturated carbocycles. The second kappa shape index (κ2) is 9.51. The van der Waals surface area contributed by atoms with Crippen LogP contribution in [0, 0.1) is 0 Å². The van der Waals surface area contributed by atoms with E-state index >= 15 is 0 Å². The fourth-order valence-electron chi connectivity index (χ4n) is 1.95. The Balaban J connectivity index is 2.08. The standard InChI is InChI=1S/C12H22N2O6/c15-6-8-20-10-1-4-14(5-2-10)12(18)13-3-7-19-9-11(16)17/h10,15H,1-9H2,(H,13,18)(H,16,17). The van der Waals surface area contributed by atoms with Crippen LogP contribution in [0.15, 0.2) is 0 Å². The lowest BCUT2D eigenvalue weighted by Gasteiger charge is -2.31. The summed E-state index contributed by atoms with van der Waals surface area (Å²) in [5.41, 5.74) is 0. The lowest BCUT2D eigenvalue weighted by atomic mass is 10.1. The van der Waals surface area contributed by atoms with Crippen LogP contribution in [0.4, 0.5) is 4.79 Å². The number of aliphatic hydroxyl groups is 1. The Bertz CT molecular complexity index is 304. The summed E-state index contributed by atoms with van der Waals surface area (Å²) in [4.78, 5) is 23.7. The number of aliphatic hydroxyl groups excluding tert-OH is 1. The molecule has 1 rings (SSSR count). The average Bonchev–Trinajstić information content (AvgIpc) is 2.44. The Labute approximate surface area is 117 Å². The molecular formula is C12H22N2O6. The molecule has 0 aromatic rings. The van der Waals surface area contributed by atoms with E-state index in [2.05, 4.69) is 5.32 Å². The molecule has 116 valence electrons. The molecule has 0 aromatic carbocycles. The second-order valence-corrected chi connectivity index (χ2v) is 4.46. The first-order valence-corrected chi connectivity index (χ1v) is 6.68. The van der Waals surface area contributed by atoms with Gasteiger partial charge in [-0.15, -0.1) is 0 Å². The van der Waals surface area contributed by atoms with E-state index in [4.69, 9.17) is 19.7 Å². The topological polar surface area (TPSA) is 108 Å². The van der Waals surface area contributed by atoms with Crippen molar-refractivity contribution in [1.29, 1.82) is 0 Å². The minimum absolute atomic E-state index is 0.0110. The van der Waals surface area contributed by atoms with E-state index in [-0.39, 0.29) is 38.5 Å². The molecule has 8 heteroatoms. The lowest BCUT2D eigenvalue weighted by molar-refractivity contribution is -0.142. The number of piperidine rings is 1. The summed E-state index contributed by atoms with van der Waals surface area (Å²) in [6.07, 6.45) is 1.61. The smallest absolute Gasteiger partial charge is 0.329 e. The van der Waals surface area contributed by atoms with Crippen molar-refractivity contribution < 1.29 is 29.3 Å². The number of nitrogens with one attached hydrogen (secondary N) is 1. The van der Waals surface area contributed by atoms with Gasteiger partial charge in [0, 0.05) is 19.6 Å². The van der Waals surface area contributed by atoms with E-state index in [1.807, 2.05) is 0 Å². The van der Waals surface area contributed by atoms with Crippen molar-refractivity contribution in [3.8, 4) is 0 Å². The molecule has 0 radical (unpaired) electrons. The van der Waals surface area contributed by atoms with Gasteiger partial charge in [0.25, 0.3) is 0 Å². The van der Waals surface area contributed by atoms with Crippen molar-refractivity contribution in [3.63, 3.8) is 0 Å². The fourth-order valence-corrected chi connectivity index (χ4v) is 1.95. The molecule has 20 heavy (non-hydrogen) atoms. The van der Waals surface area contributed by atoms with E-state index in [1.54, 1.807) is 4.90 Å². The van der Waals surface area contributed by atoms with Gasteiger partial charge < -0.3 is 29.9 Å². The molecule has 3 N–H and O–H groups in total. The number of carboxylic acids is 1. The van der Waals surface area contributed by atoms with Crippen LogP contribution in [0.2, 0.25) is 0 Å². The number of hydrogen-bond acceptors (Lipinski definition) is 5. The van der Waals surface area contributed by atoms with Gasteiger partial charge in [-0.1, -0.05) is 0 Å². The maximum atomic E-state index is 11.8. The molecule has 1 heterocycles. The molecule has 0 aromatic heterocycles.